The molecular formula is C15H15F2N5O2. The molecule has 0 fully saturated rings. The van der Waals surface area contributed by atoms with Crippen LogP contribution in [0.1, 0.15) is 15.9 Å². The first-order valence-electron chi connectivity index (χ1n) is 7.22. The van der Waals surface area contributed by atoms with Gasteiger partial charge in [-0.1, -0.05) is 0 Å². The highest BCUT2D eigenvalue weighted by molar-refractivity contribution is 5.96. The Morgan fingerprint density at radius 2 is 2.25 bits per heavy atom. The first-order valence-corrected chi connectivity index (χ1v) is 7.22. The van der Waals surface area contributed by atoms with Crippen LogP contribution in [0.2, 0.25) is 0 Å². The molecule has 3 rings (SSSR count). The van der Waals surface area contributed by atoms with E-state index in [-0.39, 0.29) is 28.6 Å². The maximum absolute atomic E-state index is 14.8. The van der Waals surface area contributed by atoms with Crippen molar-refractivity contribution in [3.63, 3.8) is 0 Å². The van der Waals surface area contributed by atoms with Crippen molar-refractivity contribution >= 4 is 22.8 Å². The molecule has 24 heavy (non-hydrogen) atoms. The van der Waals surface area contributed by atoms with Gasteiger partial charge in [0.1, 0.15) is 11.4 Å². The van der Waals surface area contributed by atoms with Crippen LogP contribution >= 0.6 is 0 Å². The monoisotopic (exact) mass is 335 g/mol. The number of aryl methyl sites for hydroxylation is 1. The molecule has 0 radical (unpaired) electrons. The number of nitrogens with zero attached hydrogens (tertiary/aromatic N) is 2. The molecule has 0 saturated heterocycles. The number of rotatable bonds is 3. The van der Waals surface area contributed by atoms with Crippen LogP contribution in [0.5, 0.6) is 0 Å². The van der Waals surface area contributed by atoms with E-state index in [0.717, 1.165) is 12.3 Å². The smallest absolute Gasteiger partial charge is 0.254 e. The fourth-order valence-electron chi connectivity index (χ4n) is 2.65. The van der Waals surface area contributed by atoms with Crippen LogP contribution in [-0.4, -0.2) is 29.5 Å². The molecule has 126 valence electrons. The quantitative estimate of drug-likeness (QED) is 0.733. The van der Waals surface area contributed by atoms with E-state index < -0.39 is 23.0 Å². The van der Waals surface area contributed by atoms with Gasteiger partial charge in [0.05, 0.1) is 17.4 Å². The number of nitrogens with one attached hydrogen (secondary N) is 2. The number of amides is 1. The van der Waals surface area contributed by atoms with Crippen molar-refractivity contribution in [2.45, 2.75) is 6.54 Å². The second kappa shape index (κ2) is 5.91. The lowest BCUT2D eigenvalue weighted by atomic mass is 10.1. The van der Waals surface area contributed by atoms with Crippen molar-refractivity contribution in [1.82, 2.24) is 15.2 Å². The number of hydrogen-bond donors (Lipinski definition) is 3. The van der Waals surface area contributed by atoms with Gasteiger partial charge in [0.2, 0.25) is 5.43 Å². The minimum absolute atomic E-state index is 0.0930. The molecule has 2 aromatic rings. The summed E-state index contributed by atoms with van der Waals surface area (Å²) in [5, 5.41) is 5.50. The van der Waals surface area contributed by atoms with E-state index in [1.165, 1.54) is 11.6 Å². The van der Waals surface area contributed by atoms with Crippen LogP contribution in [0.4, 0.5) is 8.78 Å². The summed E-state index contributed by atoms with van der Waals surface area (Å²) in [6.07, 6.45) is 1.15. The highest BCUT2D eigenvalue weighted by atomic mass is 19.1. The van der Waals surface area contributed by atoms with Crippen LogP contribution < -0.4 is 21.8 Å². The summed E-state index contributed by atoms with van der Waals surface area (Å²) in [7, 11) is 1.45. The van der Waals surface area contributed by atoms with Crippen LogP contribution in [0.3, 0.4) is 0 Å². The number of benzene rings is 1. The number of fused-ring (bicyclic) bond motifs is 1. The maximum atomic E-state index is 14.8. The molecule has 1 aliphatic heterocycles. The summed E-state index contributed by atoms with van der Waals surface area (Å²) in [4.78, 5) is 27.6. The summed E-state index contributed by atoms with van der Waals surface area (Å²) in [6.45, 7) is 1.12. The summed E-state index contributed by atoms with van der Waals surface area (Å²) in [5.74, 6) is -2.24. The lowest BCUT2D eigenvalue weighted by molar-refractivity contribution is 0.0999. The van der Waals surface area contributed by atoms with Crippen molar-refractivity contribution < 1.29 is 13.6 Å². The van der Waals surface area contributed by atoms with Gasteiger partial charge < -0.3 is 20.9 Å². The fourth-order valence-corrected chi connectivity index (χ4v) is 2.65. The summed E-state index contributed by atoms with van der Waals surface area (Å²) in [5.41, 5.74) is 3.70. The Kier molecular flexibility index (Phi) is 3.92. The molecule has 7 nitrogen and oxygen atoms in total. The molecule has 0 bridgehead atoms. The largest absolute Gasteiger partial charge is 0.365 e. The van der Waals surface area contributed by atoms with Crippen molar-refractivity contribution in [3.05, 3.63) is 45.2 Å². The number of halogens is 2. The average molecular weight is 335 g/mol. The molecule has 0 saturated carbocycles. The van der Waals surface area contributed by atoms with E-state index in [9.17, 15) is 18.4 Å². The van der Waals surface area contributed by atoms with E-state index in [1.807, 2.05) is 0 Å². The van der Waals surface area contributed by atoms with E-state index >= 15 is 0 Å². The van der Waals surface area contributed by atoms with Crippen molar-refractivity contribution in [1.29, 1.82) is 0 Å². The molecule has 9 heteroatoms. The molecule has 1 aliphatic rings. The number of guanidine groups is 1. The number of aliphatic imine (C=N–C) groups is 1. The Balaban J connectivity index is 2.13. The summed E-state index contributed by atoms with van der Waals surface area (Å²) >= 11 is 0. The Labute approximate surface area is 135 Å². The Morgan fingerprint density at radius 3 is 2.88 bits per heavy atom. The summed E-state index contributed by atoms with van der Waals surface area (Å²) < 4.78 is 30.3. The van der Waals surface area contributed by atoms with Crippen molar-refractivity contribution in [3.8, 4) is 0 Å². The van der Waals surface area contributed by atoms with Gasteiger partial charge in [-0.25, -0.2) is 8.78 Å². The Morgan fingerprint density at radius 1 is 1.50 bits per heavy atom. The average Bonchev–Trinajstić information content (AvgIpc) is 3.03. The third-order valence-electron chi connectivity index (χ3n) is 3.82. The number of carbonyl (C=O) groups excluding carboxylic acids is 1. The van der Waals surface area contributed by atoms with Gasteiger partial charge in [0.15, 0.2) is 11.8 Å². The van der Waals surface area contributed by atoms with Gasteiger partial charge in [-0.2, -0.15) is 0 Å². The minimum Gasteiger partial charge on any atom is -0.365 e. The van der Waals surface area contributed by atoms with E-state index in [2.05, 4.69) is 15.6 Å². The van der Waals surface area contributed by atoms with Gasteiger partial charge in [0, 0.05) is 31.9 Å². The topological polar surface area (TPSA) is 102 Å². The van der Waals surface area contributed by atoms with Gasteiger partial charge in [-0.05, 0) is 6.07 Å². The molecule has 0 atom stereocenters. The van der Waals surface area contributed by atoms with Gasteiger partial charge >= 0.3 is 0 Å². The second-order valence-corrected chi connectivity index (χ2v) is 5.40. The number of carbonyl (C=O) groups is 1. The zero-order valence-corrected chi connectivity index (χ0v) is 12.8. The van der Waals surface area contributed by atoms with Crippen LogP contribution in [0.15, 0.2) is 22.1 Å². The zero-order chi connectivity index (χ0) is 17.4. The number of pyridine rings is 1. The normalized spacial score (nSPS) is 13.7. The van der Waals surface area contributed by atoms with Crippen LogP contribution in [0, 0.1) is 11.6 Å². The third kappa shape index (κ3) is 2.57. The zero-order valence-electron chi connectivity index (χ0n) is 12.8. The van der Waals surface area contributed by atoms with Crippen molar-refractivity contribution in [2.24, 2.45) is 17.8 Å². The number of primary amides is 1. The van der Waals surface area contributed by atoms with Gasteiger partial charge in [0.25, 0.3) is 5.91 Å². The predicted octanol–water partition coefficient (Wildman–Crippen LogP) is -0.0356. The van der Waals surface area contributed by atoms with Crippen LogP contribution in [-0.2, 0) is 13.6 Å². The van der Waals surface area contributed by atoms with Gasteiger partial charge in [-0.15, -0.1) is 0 Å². The van der Waals surface area contributed by atoms with Gasteiger partial charge in [-0.3, -0.25) is 14.6 Å². The van der Waals surface area contributed by atoms with Crippen molar-refractivity contribution in [2.75, 3.05) is 13.1 Å². The molecule has 0 unspecified atom stereocenters. The molecular weight excluding hydrogens is 320 g/mol. The molecule has 2 heterocycles. The predicted molar refractivity (Wildman–Crippen MR) is 84.8 cm³/mol. The molecule has 1 amide bonds. The molecule has 4 N–H and O–H groups in total. The Hall–Kier alpha value is -2.97. The maximum Gasteiger partial charge on any atom is 0.254 e. The second-order valence-electron chi connectivity index (χ2n) is 5.40. The summed E-state index contributed by atoms with van der Waals surface area (Å²) in [6, 6.07) is 0.925. The lowest BCUT2D eigenvalue weighted by Gasteiger charge is -2.13. The minimum atomic E-state index is -0.950. The molecule has 1 aromatic carbocycles. The molecule has 0 spiro atoms. The molecule has 0 aliphatic carbocycles. The standard InChI is InChI=1S/C15H15F2N5O2/c1-22-6-9(14(18)24)13(23)7-4-10(16)8(11(17)12(7)22)5-21-15-19-2-3-20-15/h4,6H,2-3,5H2,1H3,(H2,18,24)(H2,19,20,21). The SMILES string of the molecule is Cn1cc(C(N)=O)c(=O)c2cc(F)c(CNC3=NCCN3)c(F)c21. The first kappa shape index (κ1) is 15.9. The van der Waals surface area contributed by atoms with E-state index in [1.54, 1.807) is 0 Å². The number of hydrogen-bond acceptors (Lipinski definition) is 5. The Bertz CT molecular complexity index is 936. The first-order chi connectivity index (χ1) is 11.4. The number of nitrogens with two attached hydrogens (primary N) is 1. The molecule has 1 aromatic heterocycles. The fraction of sp³-hybridized carbons (Fsp3) is 0.267. The third-order valence-corrected chi connectivity index (χ3v) is 3.82. The lowest BCUT2D eigenvalue weighted by Crippen LogP contribution is -2.33. The highest BCUT2D eigenvalue weighted by Gasteiger charge is 2.20. The van der Waals surface area contributed by atoms with E-state index in [0.29, 0.717) is 19.0 Å². The van der Waals surface area contributed by atoms with Crippen LogP contribution in [0.25, 0.3) is 10.9 Å². The van der Waals surface area contributed by atoms with E-state index in [4.69, 9.17) is 5.73 Å². The highest BCUT2D eigenvalue weighted by Crippen LogP contribution is 2.22. The number of aromatic nitrogens is 1.